The molecule has 1 heterocycles. The Hall–Kier alpha value is -1.92. The van der Waals surface area contributed by atoms with Crippen LogP contribution in [0, 0.1) is 6.92 Å². The number of hydrogen-bond acceptors (Lipinski definition) is 2. The fourth-order valence-electron chi connectivity index (χ4n) is 3.50. The number of nitrogens with zero attached hydrogens (tertiary/aromatic N) is 1. The number of carbonyl (C=O) groups is 2. The molecular weight excluding hydrogens is 340 g/mol. The first-order chi connectivity index (χ1) is 12.8. The van der Waals surface area contributed by atoms with Gasteiger partial charge in [-0.2, -0.15) is 0 Å². The summed E-state index contributed by atoms with van der Waals surface area (Å²) in [5.74, 6) is 0.147. The highest BCUT2D eigenvalue weighted by atomic mass is 16.2. The zero-order chi connectivity index (χ0) is 20.0. The van der Waals surface area contributed by atoms with Crippen LogP contribution in [0.2, 0.25) is 0 Å². The van der Waals surface area contributed by atoms with Crippen LogP contribution in [-0.2, 0) is 16.1 Å². The highest BCUT2D eigenvalue weighted by Crippen LogP contribution is 2.02. The first kappa shape index (κ1) is 21.4. The number of rotatable bonds is 7. The number of likely N-dealkylation sites (N-methyl/N-ethyl adjacent to an activating group) is 1. The summed E-state index contributed by atoms with van der Waals surface area (Å²) in [7, 11) is 1.92. The zero-order valence-electron chi connectivity index (χ0n) is 17.5. The van der Waals surface area contributed by atoms with Crippen molar-refractivity contribution in [2.24, 2.45) is 0 Å². The standard InChI is InChI=1S/C21H34N4O2/c1-16(2)22-21(27)18(4)23(5)15-20(26)25-11-9-24(10-12-25)14-19-8-6-7-17(3)13-19/h6-8,13,16,18H,9-12,14-15H2,1-5H3,(H,22,27)/p+2/t18-/m1/s1. The molecule has 1 fully saturated rings. The van der Waals surface area contributed by atoms with Gasteiger partial charge >= 0.3 is 0 Å². The van der Waals surface area contributed by atoms with Gasteiger partial charge in [-0.05, 0) is 27.7 Å². The van der Waals surface area contributed by atoms with Crippen molar-refractivity contribution in [3.05, 3.63) is 35.4 Å². The van der Waals surface area contributed by atoms with E-state index in [0.29, 0.717) is 6.54 Å². The summed E-state index contributed by atoms with van der Waals surface area (Å²) in [5.41, 5.74) is 2.65. The van der Waals surface area contributed by atoms with Gasteiger partial charge in [0.1, 0.15) is 6.54 Å². The second-order valence-electron chi connectivity index (χ2n) is 8.20. The normalized spacial score (nSPS) is 17.6. The lowest BCUT2D eigenvalue weighted by Gasteiger charge is -2.33. The lowest BCUT2D eigenvalue weighted by atomic mass is 10.1. The highest BCUT2D eigenvalue weighted by molar-refractivity contribution is 5.81. The summed E-state index contributed by atoms with van der Waals surface area (Å²) in [6, 6.07) is 8.54. The predicted octanol–water partition coefficient (Wildman–Crippen LogP) is -1.35. The molecule has 0 radical (unpaired) electrons. The minimum atomic E-state index is -0.232. The minimum Gasteiger partial charge on any atom is -0.349 e. The van der Waals surface area contributed by atoms with Crippen molar-refractivity contribution in [2.75, 3.05) is 39.8 Å². The maximum absolute atomic E-state index is 12.6. The Kier molecular flexibility index (Phi) is 7.80. The van der Waals surface area contributed by atoms with Gasteiger partial charge in [0.05, 0.1) is 33.2 Å². The second-order valence-corrected chi connectivity index (χ2v) is 8.20. The van der Waals surface area contributed by atoms with Crippen LogP contribution >= 0.6 is 0 Å². The largest absolute Gasteiger partial charge is 0.349 e. The van der Waals surface area contributed by atoms with E-state index < -0.39 is 0 Å². The van der Waals surface area contributed by atoms with Gasteiger partial charge in [0.15, 0.2) is 12.6 Å². The third-order valence-corrected chi connectivity index (χ3v) is 5.35. The molecule has 1 aliphatic heterocycles. The zero-order valence-corrected chi connectivity index (χ0v) is 17.5. The number of amides is 2. The Bertz CT molecular complexity index is 639. The second kappa shape index (κ2) is 9.85. The average molecular weight is 377 g/mol. The Balaban J connectivity index is 1.78. The van der Waals surface area contributed by atoms with Gasteiger partial charge in [0, 0.05) is 11.6 Å². The van der Waals surface area contributed by atoms with Crippen LogP contribution < -0.4 is 15.1 Å². The number of quaternary nitrogens is 2. The number of hydrogen-bond donors (Lipinski definition) is 3. The molecule has 6 nitrogen and oxygen atoms in total. The van der Waals surface area contributed by atoms with Gasteiger partial charge in [-0.25, -0.2) is 0 Å². The predicted molar refractivity (Wildman–Crippen MR) is 107 cm³/mol. The van der Waals surface area contributed by atoms with E-state index in [1.54, 1.807) is 0 Å². The molecular formula is C21H36N4O2+2. The average Bonchev–Trinajstić information content (AvgIpc) is 2.61. The molecule has 150 valence electrons. The molecule has 1 unspecified atom stereocenters. The van der Waals surface area contributed by atoms with Crippen molar-refractivity contribution in [1.29, 1.82) is 0 Å². The van der Waals surface area contributed by atoms with Gasteiger partial charge in [-0.3, -0.25) is 9.59 Å². The van der Waals surface area contributed by atoms with E-state index in [4.69, 9.17) is 0 Å². The number of carbonyl (C=O) groups excluding carboxylic acids is 2. The van der Waals surface area contributed by atoms with E-state index >= 15 is 0 Å². The molecule has 2 atom stereocenters. The summed E-state index contributed by atoms with van der Waals surface area (Å²) >= 11 is 0. The number of piperazine rings is 1. The van der Waals surface area contributed by atoms with Gasteiger partial charge in [-0.1, -0.05) is 29.8 Å². The number of aryl methyl sites for hydroxylation is 1. The smallest absolute Gasteiger partial charge is 0.278 e. The summed E-state index contributed by atoms with van der Waals surface area (Å²) < 4.78 is 0. The van der Waals surface area contributed by atoms with Gasteiger partial charge in [0.2, 0.25) is 0 Å². The van der Waals surface area contributed by atoms with Crippen molar-refractivity contribution < 1.29 is 19.4 Å². The van der Waals surface area contributed by atoms with Crippen molar-refractivity contribution in [1.82, 2.24) is 10.2 Å². The van der Waals surface area contributed by atoms with Crippen molar-refractivity contribution in [3.63, 3.8) is 0 Å². The van der Waals surface area contributed by atoms with Crippen molar-refractivity contribution >= 4 is 11.8 Å². The molecule has 0 aromatic heterocycles. The maximum Gasteiger partial charge on any atom is 0.278 e. The van der Waals surface area contributed by atoms with Crippen LogP contribution in [0.5, 0.6) is 0 Å². The summed E-state index contributed by atoms with van der Waals surface area (Å²) in [5, 5.41) is 2.92. The monoisotopic (exact) mass is 376 g/mol. The van der Waals surface area contributed by atoms with E-state index in [1.807, 2.05) is 32.7 Å². The lowest BCUT2D eigenvalue weighted by Crippen LogP contribution is -3.16. The highest BCUT2D eigenvalue weighted by Gasteiger charge is 2.29. The summed E-state index contributed by atoms with van der Waals surface area (Å²) in [4.78, 5) is 29.2. The van der Waals surface area contributed by atoms with E-state index in [2.05, 4.69) is 36.5 Å². The fourth-order valence-corrected chi connectivity index (χ4v) is 3.50. The van der Waals surface area contributed by atoms with Gasteiger partial charge in [-0.15, -0.1) is 0 Å². The van der Waals surface area contributed by atoms with E-state index in [0.717, 1.165) is 37.6 Å². The third-order valence-electron chi connectivity index (χ3n) is 5.35. The molecule has 0 spiro atoms. The molecule has 1 aliphatic rings. The Labute approximate surface area is 163 Å². The number of benzene rings is 1. The quantitative estimate of drug-likeness (QED) is 0.551. The fraction of sp³-hybridized carbons (Fsp3) is 0.619. The van der Waals surface area contributed by atoms with Gasteiger partial charge < -0.3 is 20.0 Å². The lowest BCUT2D eigenvalue weighted by molar-refractivity contribution is -0.918. The van der Waals surface area contributed by atoms with E-state index in [1.165, 1.54) is 16.0 Å². The molecule has 1 aromatic rings. The molecule has 3 N–H and O–H groups in total. The van der Waals surface area contributed by atoms with Crippen molar-refractivity contribution in [2.45, 2.75) is 46.3 Å². The summed E-state index contributed by atoms with van der Waals surface area (Å²) in [6.45, 7) is 12.8. The third kappa shape index (κ3) is 6.63. The first-order valence-corrected chi connectivity index (χ1v) is 10.1. The minimum absolute atomic E-state index is 0.00252. The SMILES string of the molecule is Cc1cccc(C[NH+]2CCN(C(=O)C[NH+](C)[C@H](C)C(=O)NC(C)C)CC2)c1. The molecule has 2 amide bonds. The molecule has 0 saturated carbocycles. The topological polar surface area (TPSA) is 58.3 Å². The van der Waals surface area contributed by atoms with E-state index in [-0.39, 0.29) is 23.9 Å². The number of nitrogens with one attached hydrogen (secondary N) is 3. The molecule has 0 bridgehead atoms. The molecule has 1 saturated heterocycles. The molecule has 27 heavy (non-hydrogen) atoms. The van der Waals surface area contributed by atoms with Crippen LogP contribution in [-0.4, -0.2) is 68.6 Å². The first-order valence-electron chi connectivity index (χ1n) is 10.1. The van der Waals surface area contributed by atoms with Crippen LogP contribution in [0.25, 0.3) is 0 Å². The van der Waals surface area contributed by atoms with Gasteiger partial charge in [0.25, 0.3) is 11.8 Å². The van der Waals surface area contributed by atoms with Crippen LogP contribution in [0.3, 0.4) is 0 Å². The van der Waals surface area contributed by atoms with E-state index in [9.17, 15) is 9.59 Å². The summed E-state index contributed by atoms with van der Waals surface area (Å²) in [6.07, 6.45) is 0. The molecule has 0 aliphatic carbocycles. The Morgan fingerprint density at radius 2 is 1.89 bits per heavy atom. The Morgan fingerprint density at radius 3 is 2.48 bits per heavy atom. The maximum atomic E-state index is 12.6. The molecule has 2 rings (SSSR count). The molecule has 1 aromatic carbocycles. The van der Waals surface area contributed by atoms with Crippen LogP contribution in [0.4, 0.5) is 0 Å². The molecule has 6 heteroatoms. The van der Waals surface area contributed by atoms with Crippen molar-refractivity contribution in [3.8, 4) is 0 Å². The van der Waals surface area contributed by atoms with Crippen LogP contribution in [0.1, 0.15) is 31.9 Å². The van der Waals surface area contributed by atoms with Crippen LogP contribution in [0.15, 0.2) is 24.3 Å². The Morgan fingerprint density at radius 1 is 1.22 bits per heavy atom.